The number of nitrogens with one attached hydrogen (secondary N) is 1. The van der Waals surface area contributed by atoms with E-state index in [4.69, 9.17) is 0 Å². The zero-order valence-electron chi connectivity index (χ0n) is 13.7. The number of nitrogens with zero attached hydrogens (tertiary/aromatic N) is 3. The number of aryl methyl sites for hydroxylation is 1. The van der Waals surface area contributed by atoms with Crippen LogP contribution >= 0.6 is 0 Å². The van der Waals surface area contributed by atoms with Crippen molar-refractivity contribution in [2.45, 2.75) is 13.0 Å². The molecule has 1 amide bonds. The third kappa shape index (κ3) is 2.83. The van der Waals surface area contributed by atoms with Gasteiger partial charge in [0.2, 0.25) is 5.91 Å². The first-order valence-electron chi connectivity index (χ1n) is 8.13. The summed E-state index contributed by atoms with van der Waals surface area (Å²) in [5, 5.41) is 2.63. The summed E-state index contributed by atoms with van der Waals surface area (Å²) in [4.78, 5) is 29.2. The number of hydrogen-bond acceptors (Lipinski definition) is 3. The lowest BCUT2D eigenvalue weighted by molar-refractivity contribution is -0.116. The zero-order valence-corrected chi connectivity index (χ0v) is 13.7. The molecule has 0 atom stereocenters. The summed E-state index contributed by atoms with van der Waals surface area (Å²) in [7, 11) is 0. The highest BCUT2D eigenvalue weighted by molar-refractivity contribution is 5.90. The molecule has 0 fully saturated rings. The van der Waals surface area contributed by atoms with Crippen LogP contribution in [-0.2, 0) is 11.3 Å². The van der Waals surface area contributed by atoms with Gasteiger partial charge in [0.25, 0.3) is 5.56 Å². The average molecular weight is 350 g/mol. The standard InChI is InChI=1S/C19H15FN4O2/c20-13-4-1-5-14(12-13)22-17(25)8-11-24-18-15(6-2-9-21-18)23-10-3-7-16(23)19(24)26/h1-7,9-10,12H,8,11H2,(H,22,25). The van der Waals surface area contributed by atoms with E-state index in [-0.39, 0.29) is 24.4 Å². The van der Waals surface area contributed by atoms with Crippen molar-refractivity contribution >= 4 is 28.3 Å². The molecule has 4 aromatic rings. The fraction of sp³-hybridized carbons (Fsp3) is 0.105. The van der Waals surface area contributed by atoms with Gasteiger partial charge >= 0.3 is 0 Å². The molecule has 0 saturated heterocycles. The van der Waals surface area contributed by atoms with E-state index in [1.807, 2.05) is 12.3 Å². The number of aromatic nitrogens is 3. The molecule has 1 aromatic carbocycles. The quantitative estimate of drug-likeness (QED) is 0.615. The second-order valence-corrected chi connectivity index (χ2v) is 5.87. The Kier molecular flexibility index (Phi) is 3.96. The van der Waals surface area contributed by atoms with Crippen LogP contribution in [0, 0.1) is 5.82 Å². The molecule has 0 unspecified atom stereocenters. The number of pyridine rings is 1. The average Bonchev–Trinajstić information content (AvgIpc) is 3.12. The van der Waals surface area contributed by atoms with Crippen molar-refractivity contribution in [1.82, 2.24) is 14.0 Å². The molecule has 0 saturated carbocycles. The molecule has 0 aliphatic rings. The Morgan fingerprint density at radius 3 is 2.81 bits per heavy atom. The Morgan fingerprint density at radius 2 is 1.96 bits per heavy atom. The van der Waals surface area contributed by atoms with Crippen LogP contribution in [0.1, 0.15) is 6.42 Å². The van der Waals surface area contributed by atoms with Crippen LogP contribution in [0.4, 0.5) is 10.1 Å². The molecule has 3 aromatic heterocycles. The highest BCUT2D eigenvalue weighted by Crippen LogP contribution is 2.14. The van der Waals surface area contributed by atoms with Gasteiger partial charge < -0.3 is 9.72 Å². The van der Waals surface area contributed by atoms with Crippen LogP contribution in [0.15, 0.2) is 65.7 Å². The van der Waals surface area contributed by atoms with Gasteiger partial charge in [0.15, 0.2) is 5.65 Å². The topological polar surface area (TPSA) is 68.4 Å². The third-order valence-corrected chi connectivity index (χ3v) is 4.17. The van der Waals surface area contributed by atoms with E-state index in [9.17, 15) is 14.0 Å². The summed E-state index contributed by atoms with van der Waals surface area (Å²) in [5.41, 5.74) is 2.00. The second kappa shape index (κ2) is 6.44. The first kappa shape index (κ1) is 16.0. The van der Waals surface area contributed by atoms with E-state index in [1.54, 1.807) is 34.9 Å². The second-order valence-electron chi connectivity index (χ2n) is 5.87. The lowest BCUT2D eigenvalue weighted by Crippen LogP contribution is -2.25. The van der Waals surface area contributed by atoms with Gasteiger partial charge in [-0.2, -0.15) is 0 Å². The third-order valence-electron chi connectivity index (χ3n) is 4.17. The van der Waals surface area contributed by atoms with Crippen molar-refractivity contribution in [1.29, 1.82) is 0 Å². The first-order chi connectivity index (χ1) is 12.6. The number of halogens is 1. The minimum atomic E-state index is -0.423. The maximum absolute atomic E-state index is 13.2. The van der Waals surface area contributed by atoms with Crippen LogP contribution in [0.25, 0.3) is 16.7 Å². The molecule has 26 heavy (non-hydrogen) atoms. The lowest BCUT2D eigenvalue weighted by atomic mass is 10.3. The number of carbonyl (C=O) groups excluding carboxylic acids is 1. The molecule has 4 rings (SSSR count). The van der Waals surface area contributed by atoms with Gasteiger partial charge in [0.1, 0.15) is 11.3 Å². The summed E-state index contributed by atoms with van der Waals surface area (Å²) >= 11 is 0. The molecule has 0 aliphatic heterocycles. The molecule has 3 heterocycles. The maximum atomic E-state index is 13.2. The predicted molar refractivity (Wildman–Crippen MR) is 96.6 cm³/mol. The molecule has 130 valence electrons. The highest BCUT2D eigenvalue weighted by Gasteiger charge is 2.12. The van der Waals surface area contributed by atoms with Gasteiger partial charge in [-0.3, -0.25) is 14.2 Å². The monoisotopic (exact) mass is 350 g/mol. The minimum absolute atomic E-state index is 0.0684. The highest BCUT2D eigenvalue weighted by atomic mass is 19.1. The zero-order chi connectivity index (χ0) is 18.1. The van der Waals surface area contributed by atoms with E-state index in [0.29, 0.717) is 16.9 Å². The van der Waals surface area contributed by atoms with Gasteiger partial charge in [-0.1, -0.05) is 6.07 Å². The summed E-state index contributed by atoms with van der Waals surface area (Å²) in [5.74, 6) is -0.727. The molecular weight excluding hydrogens is 335 g/mol. The van der Waals surface area contributed by atoms with Crippen molar-refractivity contribution in [3.63, 3.8) is 0 Å². The number of carbonyl (C=O) groups is 1. The van der Waals surface area contributed by atoms with Gasteiger partial charge in [-0.25, -0.2) is 9.37 Å². The number of fused-ring (bicyclic) bond motifs is 3. The number of hydrogen-bond donors (Lipinski definition) is 1. The molecule has 0 radical (unpaired) electrons. The smallest absolute Gasteiger partial charge is 0.276 e. The molecule has 7 heteroatoms. The van der Waals surface area contributed by atoms with E-state index in [1.165, 1.54) is 22.8 Å². The van der Waals surface area contributed by atoms with Crippen molar-refractivity contribution < 1.29 is 9.18 Å². The normalized spacial score (nSPS) is 11.1. The van der Waals surface area contributed by atoms with E-state index < -0.39 is 5.82 Å². The van der Waals surface area contributed by atoms with E-state index in [0.717, 1.165) is 5.52 Å². The Bertz CT molecular complexity index is 1180. The van der Waals surface area contributed by atoms with Crippen LogP contribution in [0.5, 0.6) is 0 Å². The van der Waals surface area contributed by atoms with Crippen molar-refractivity contribution in [2.75, 3.05) is 5.32 Å². The predicted octanol–water partition coefficient (Wildman–Crippen LogP) is 2.82. The summed E-state index contributed by atoms with van der Waals surface area (Å²) in [6, 6.07) is 12.9. The fourth-order valence-corrected chi connectivity index (χ4v) is 2.99. The number of benzene rings is 1. The fourth-order valence-electron chi connectivity index (χ4n) is 2.99. The molecule has 0 bridgehead atoms. The Morgan fingerprint density at radius 1 is 1.12 bits per heavy atom. The summed E-state index contributed by atoms with van der Waals surface area (Å²) in [6.45, 7) is 0.176. The minimum Gasteiger partial charge on any atom is -0.326 e. The van der Waals surface area contributed by atoms with Crippen LogP contribution in [0.3, 0.4) is 0 Å². The van der Waals surface area contributed by atoms with Gasteiger partial charge in [-0.15, -0.1) is 0 Å². The molecule has 0 aliphatic carbocycles. The number of amides is 1. The maximum Gasteiger partial charge on any atom is 0.276 e. The Hall–Kier alpha value is -3.48. The Balaban J connectivity index is 1.63. The number of anilines is 1. The summed E-state index contributed by atoms with van der Waals surface area (Å²) in [6.07, 6.45) is 3.49. The largest absolute Gasteiger partial charge is 0.326 e. The van der Waals surface area contributed by atoms with Crippen molar-refractivity contribution in [2.24, 2.45) is 0 Å². The van der Waals surface area contributed by atoms with E-state index >= 15 is 0 Å². The SMILES string of the molecule is O=C(CCn1c(=O)c2cccn2c2cccnc21)Nc1cccc(F)c1. The number of rotatable bonds is 4. The van der Waals surface area contributed by atoms with Gasteiger partial charge in [0.05, 0.1) is 5.52 Å². The van der Waals surface area contributed by atoms with E-state index in [2.05, 4.69) is 10.3 Å². The van der Waals surface area contributed by atoms with Crippen molar-refractivity contribution in [3.8, 4) is 0 Å². The van der Waals surface area contributed by atoms with Crippen LogP contribution in [0.2, 0.25) is 0 Å². The molecular formula is C19H15FN4O2. The van der Waals surface area contributed by atoms with Crippen LogP contribution in [-0.4, -0.2) is 19.9 Å². The lowest BCUT2D eigenvalue weighted by Gasteiger charge is -2.11. The molecule has 1 N–H and O–H groups in total. The van der Waals surface area contributed by atoms with Crippen molar-refractivity contribution in [3.05, 3.63) is 77.1 Å². The first-order valence-corrected chi connectivity index (χ1v) is 8.13. The summed E-state index contributed by atoms with van der Waals surface area (Å²) < 4.78 is 16.5. The van der Waals surface area contributed by atoms with Gasteiger partial charge in [-0.05, 0) is 42.5 Å². The molecule has 0 spiro atoms. The Labute approximate surface area is 147 Å². The van der Waals surface area contributed by atoms with Gasteiger partial charge in [0, 0.05) is 31.0 Å². The van der Waals surface area contributed by atoms with Crippen LogP contribution < -0.4 is 10.9 Å². The molecule has 6 nitrogen and oxygen atoms in total.